The van der Waals surface area contributed by atoms with Gasteiger partial charge in [0, 0.05) is 37.0 Å². The highest BCUT2D eigenvalue weighted by Gasteiger charge is 2.23. The van der Waals surface area contributed by atoms with Crippen LogP contribution < -0.4 is 5.73 Å². The molecule has 2 saturated carbocycles. The molecular formula is C20H29N5. The van der Waals surface area contributed by atoms with Crippen LogP contribution >= 0.6 is 0 Å². The number of nitrogens with zero attached hydrogens (tertiary/aromatic N) is 4. The van der Waals surface area contributed by atoms with Crippen LogP contribution in [0.3, 0.4) is 0 Å². The van der Waals surface area contributed by atoms with Gasteiger partial charge in [-0.25, -0.2) is 9.97 Å². The average molecular weight is 339 g/mol. The molecule has 0 aliphatic heterocycles. The molecule has 134 valence electrons. The third kappa shape index (κ3) is 3.76. The zero-order valence-corrected chi connectivity index (χ0v) is 15.2. The molecular weight excluding hydrogens is 310 g/mol. The van der Waals surface area contributed by atoms with Gasteiger partial charge in [-0.2, -0.15) is 5.10 Å². The van der Waals surface area contributed by atoms with E-state index in [1.165, 1.54) is 43.4 Å². The van der Waals surface area contributed by atoms with E-state index >= 15 is 0 Å². The SMILES string of the molecule is Cn1ncc(-c2ccnc(CC3CCC(N)CC3)n2)c1CC1CCC1. The number of aromatic nitrogens is 4. The number of hydrogen-bond acceptors (Lipinski definition) is 4. The van der Waals surface area contributed by atoms with E-state index < -0.39 is 0 Å². The van der Waals surface area contributed by atoms with Gasteiger partial charge in [-0.15, -0.1) is 0 Å². The van der Waals surface area contributed by atoms with Crippen molar-refractivity contribution < 1.29 is 0 Å². The Morgan fingerprint density at radius 3 is 2.56 bits per heavy atom. The Morgan fingerprint density at radius 2 is 1.84 bits per heavy atom. The quantitative estimate of drug-likeness (QED) is 0.907. The van der Waals surface area contributed by atoms with E-state index in [-0.39, 0.29) is 0 Å². The first kappa shape index (κ1) is 16.7. The summed E-state index contributed by atoms with van der Waals surface area (Å²) in [6.45, 7) is 0. The normalized spacial score (nSPS) is 24.2. The first-order valence-electron chi connectivity index (χ1n) is 9.78. The van der Waals surface area contributed by atoms with E-state index in [1.54, 1.807) is 0 Å². The molecule has 5 nitrogen and oxygen atoms in total. The molecule has 0 aromatic carbocycles. The third-order valence-electron chi connectivity index (χ3n) is 6.11. The van der Waals surface area contributed by atoms with Crippen LogP contribution in [0.1, 0.15) is 56.5 Å². The van der Waals surface area contributed by atoms with Gasteiger partial charge in [0.25, 0.3) is 0 Å². The fourth-order valence-electron chi connectivity index (χ4n) is 4.19. The third-order valence-corrected chi connectivity index (χ3v) is 6.11. The molecule has 0 amide bonds. The summed E-state index contributed by atoms with van der Waals surface area (Å²) >= 11 is 0. The lowest BCUT2D eigenvalue weighted by Gasteiger charge is -2.26. The van der Waals surface area contributed by atoms with Gasteiger partial charge in [0.2, 0.25) is 0 Å². The van der Waals surface area contributed by atoms with Crippen molar-refractivity contribution in [3.05, 3.63) is 30.0 Å². The molecule has 2 heterocycles. The van der Waals surface area contributed by atoms with Crippen molar-refractivity contribution in [1.29, 1.82) is 0 Å². The Hall–Kier alpha value is -1.75. The highest BCUT2D eigenvalue weighted by atomic mass is 15.3. The smallest absolute Gasteiger partial charge is 0.129 e. The van der Waals surface area contributed by atoms with Gasteiger partial charge in [-0.3, -0.25) is 4.68 Å². The van der Waals surface area contributed by atoms with Crippen molar-refractivity contribution in [2.75, 3.05) is 0 Å². The van der Waals surface area contributed by atoms with E-state index in [4.69, 9.17) is 10.7 Å². The highest BCUT2D eigenvalue weighted by Crippen LogP contribution is 2.33. The molecule has 4 rings (SSSR count). The van der Waals surface area contributed by atoms with Crippen molar-refractivity contribution in [2.45, 2.75) is 63.8 Å². The van der Waals surface area contributed by atoms with Crippen molar-refractivity contribution in [2.24, 2.45) is 24.6 Å². The molecule has 0 spiro atoms. The number of nitrogens with two attached hydrogens (primary N) is 1. The fraction of sp³-hybridized carbons (Fsp3) is 0.650. The Labute approximate surface area is 150 Å². The lowest BCUT2D eigenvalue weighted by Crippen LogP contribution is -2.27. The van der Waals surface area contributed by atoms with Crippen LogP contribution in [0.25, 0.3) is 11.3 Å². The summed E-state index contributed by atoms with van der Waals surface area (Å²) in [7, 11) is 2.05. The predicted molar refractivity (Wildman–Crippen MR) is 98.9 cm³/mol. The van der Waals surface area contributed by atoms with E-state index in [0.29, 0.717) is 12.0 Å². The van der Waals surface area contributed by atoms with Crippen molar-refractivity contribution in [3.63, 3.8) is 0 Å². The van der Waals surface area contributed by atoms with E-state index in [0.717, 1.165) is 43.1 Å². The van der Waals surface area contributed by atoms with Crippen molar-refractivity contribution >= 4 is 0 Å². The summed E-state index contributed by atoms with van der Waals surface area (Å²) in [6.07, 6.45) is 14.7. The van der Waals surface area contributed by atoms with Crippen LogP contribution in [-0.4, -0.2) is 25.8 Å². The van der Waals surface area contributed by atoms with Gasteiger partial charge < -0.3 is 5.73 Å². The molecule has 0 atom stereocenters. The zero-order chi connectivity index (χ0) is 17.2. The van der Waals surface area contributed by atoms with Crippen LogP contribution in [0.15, 0.2) is 18.5 Å². The average Bonchev–Trinajstić information content (AvgIpc) is 2.94. The second kappa shape index (κ2) is 7.24. The van der Waals surface area contributed by atoms with Crippen LogP contribution in [0.2, 0.25) is 0 Å². The summed E-state index contributed by atoms with van der Waals surface area (Å²) < 4.78 is 2.03. The Kier molecular flexibility index (Phi) is 4.84. The maximum absolute atomic E-state index is 6.02. The first-order valence-corrected chi connectivity index (χ1v) is 9.78. The van der Waals surface area contributed by atoms with Gasteiger partial charge in [-0.05, 0) is 50.0 Å². The van der Waals surface area contributed by atoms with Crippen molar-refractivity contribution in [3.8, 4) is 11.3 Å². The molecule has 0 bridgehead atoms. The maximum atomic E-state index is 6.02. The minimum Gasteiger partial charge on any atom is -0.328 e. The van der Waals surface area contributed by atoms with Gasteiger partial charge in [0.15, 0.2) is 0 Å². The van der Waals surface area contributed by atoms with Crippen molar-refractivity contribution in [1.82, 2.24) is 19.7 Å². The highest BCUT2D eigenvalue weighted by molar-refractivity contribution is 5.61. The van der Waals surface area contributed by atoms with E-state index in [1.807, 2.05) is 30.2 Å². The number of rotatable bonds is 5. The Morgan fingerprint density at radius 1 is 1.08 bits per heavy atom. The van der Waals surface area contributed by atoms with Crippen LogP contribution in [0.4, 0.5) is 0 Å². The second-order valence-electron chi connectivity index (χ2n) is 7.97. The molecule has 5 heteroatoms. The molecule has 2 fully saturated rings. The molecule has 0 saturated heterocycles. The summed E-state index contributed by atoms with van der Waals surface area (Å²) in [6, 6.07) is 2.43. The van der Waals surface area contributed by atoms with Crippen LogP contribution in [0.5, 0.6) is 0 Å². The summed E-state index contributed by atoms with van der Waals surface area (Å²) in [4.78, 5) is 9.42. The van der Waals surface area contributed by atoms with Gasteiger partial charge in [0.1, 0.15) is 5.82 Å². The second-order valence-corrected chi connectivity index (χ2v) is 7.97. The van der Waals surface area contributed by atoms with E-state index in [9.17, 15) is 0 Å². The molecule has 0 radical (unpaired) electrons. The summed E-state index contributed by atoms with van der Waals surface area (Å²) in [5, 5.41) is 4.50. The lowest BCUT2D eigenvalue weighted by molar-refractivity contribution is 0.309. The monoisotopic (exact) mass is 339 g/mol. The van der Waals surface area contributed by atoms with Crippen LogP contribution in [-0.2, 0) is 19.9 Å². The zero-order valence-electron chi connectivity index (χ0n) is 15.2. The van der Waals surface area contributed by atoms with Gasteiger partial charge in [0.05, 0.1) is 11.9 Å². The van der Waals surface area contributed by atoms with E-state index in [2.05, 4.69) is 10.1 Å². The lowest BCUT2D eigenvalue weighted by atomic mass is 9.81. The summed E-state index contributed by atoms with van der Waals surface area (Å²) in [5.74, 6) is 2.47. The molecule has 2 aliphatic rings. The molecule has 2 aromatic rings. The van der Waals surface area contributed by atoms with Gasteiger partial charge >= 0.3 is 0 Å². The maximum Gasteiger partial charge on any atom is 0.129 e. The molecule has 2 aliphatic carbocycles. The molecule has 2 aromatic heterocycles. The number of aryl methyl sites for hydroxylation is 1. The molecule has 0 unspecified atom stereocenters. The standard InChI is InChI=1S/C20H29N5/c1-25-19(11-14-3-2-4-14)17(13-23-25)18-9-10-22-20(24-18)12-15-5-7-16(21)8-6-15/h9-10,13-16H,2-8,11-12,21H2,1H3. The summed E-state index contributed by atoms with van der Waals surface area (Å²) in [5.41, 5.74) is 9.55. The Balaban J connectivity index is 1.51. The fourth-order valence-corrected chi connectivity index (χ4v) is 4.19. The topological polar surface area (TPSA) is 69.6 Å². The van der Waals surface area contributed by atoms with Gasteiger partial charge in [-0.1, -0.05) is 19.3 Å². The minimum absolute atomic E-state index is 0.396. The predicted octanol–water partition coefficient (Wildman–Crippen LogP) is 3.28. The number of hydrogen-bond donors (Lipinski definition) is 1. The minimum atomic E-state index is 0.396. The molecule has 25 heavy (non-hydrogen) atoms. The van der Waals surface area contributed by atoms with Crippen LogP contribution in [0, 0.1) is 11.8 Å². The molecule has 2 N–H and O–H groups in total. The Bertz CT molecular complexity index is 711. The first-order chi connectivity index (χ1) is 12.2. The largest absolute Gasteiger partial charge is 0.328 e.